The Morgan fingerprint density at radius 2 is 1.29 bits per heavy atom. The lowest BCUT2D eigenvalue weighted by Crippen LogP contribution is -1.91. The predicted molar refractivity (Wildman–Crippen MR) is 57.3 cm³/mol. The molecule has 0 heterocycles. The summed E-state index contributed by atoms with van der Waals surface area (Å²) in [6, 6.07) is 16.8. The quantitative estimate of drug-likeness (QED) is 0.733. The summed E-state index contributed by atoms with van der Waals surface area (Å²) in [6.07, 6.45) is 0. The molecular formula is C12H13NO. The van der Waals surface area contributed by atoms with Gasteiger partial charge in [-0.3, -0.25) is 0 Å². The molecule has 2 rings (SSSR count). The Morgan fingerprint density at radius 3 is 1.93 bits per heavy atom. The van der Waals surface area contributed by atoms with Crippen LogP contribution in [-0.4, -0.2) is 0 Å². The third kappa shape index (κ3) is 1.92. The van der Waals surface area contributed by atoms with Crippen molar-refractivity contribution in [2.45, 2.75) is 0 Å². The van der Waals surface area contributed by atoms with E-state index in [1.54, 1.807) is 12.1 Å². The first kappa shape index (κ1) is 10.3. The van der Waals surface area contributed by atoms with E-state index < -0.39 is 0 Å². The summed E-state index contributed by atoms with van der Waals surface area (Å²) in [5.41, 5.74) is 1.75. The van der Waals surface area contributed by atoms with E-state index in [4.69, 9.17) is 0 Å². The van der Waals surface area contributed by atoms with Gasteiger partial charge < -0.3 is 11.3 Å². The molecule has 0 aromatic heterocycles. The van der Waals surface area contributed by atoms with Gasteiger partial charge in [0.15, 0.2) is 0 Å². The smallest absolute Gasteiger partial charge is 0.0190 e. The number of quaternary nitrogens is 1. The lowest BCUT2D eigenvalue weighted by atomic mass is 10.1. The monoisotopic (exact) mass is 187 g/mol. The third-order valence-corrected chi connectivity index (χ3v) is 1.97. The van der Waals surface area contributed by atoms with E-state index in [0.717, 1.165) is 11.1 Å². The summed E-state index contributed by atoms with van der Waals surface area (Å²) in [5, 5.41) is 11.4. The fourth-order valence-electron chi connectivity index (χ4n) is 1.32. The standard InChI is InChI=1S/C12H10O.H3N/c13-12-9-5-4-8-11(12)10-6-2-1-3-7-10;/h1-9,13H;1H3. The fourth-order valence-corrected chi connectivity index (χ4v) is 1.32. The Morgan fingerprint density at radius 1 is 0.714 bits per heavy atom. The molecule has 0 amide bonds. The van der Waals surface area contributed by atoms with Gasteiger partial charge in [0.1, 0.15) is 0 Å². The van der Waals surface area contributed by atoms with Gasteiger partial charge >= 0.3 is 0 Å². The molecule has 0 aliphatic heterocycles. The largest absolute Gasteiger partial charge is 0.872 e. The van der Waals surface area contributed by atoms with Gasteiger partial charge in [-0.2, -0.15) is 0 Å². The second kappa shape index (κ2) is 4.44. The number of hydrogen-bond acceptors (Lipinski definition) is 1. The van der Waals surface area contributed by atoms with Crippen LogP contribution in [0.25, 0.3) is 11.1 Å². The SMILES string of the molecule is [NH4+].[O-]c1ccccc1-c1ccccc1. The van der Waals surface area contributed by atoms with Crippen LogP contribution in [0.3, 0.4) is 0 Å². The topological polar surface area (TPSA) is 59.6 Å². The van der Waals surface area contributed by atoms with Gasteiger partial charge in [0, 0.05) is 0 Å². The summed E-state index contributed by atoms with van der Waals surface area (Å²) < 4.78 is 0. The molecule has 2 aromatic rings. The minimum absolute atomic E-state index is 0. The predicted octanol–water partition coefficient (Wildman–Crippen LogP) is 2.80. The average Bonchev–Trinajstić information content (AvgIpc) is 2.20. The van der Waals surface area contributed by atoms with Gasteiger partial charge in [-0.25, -0.2) is 0 Å². The van der Waals surface area contributed by atoms with E-state index in [-0.39, 0.29) is 11.9 Å². The number of hydrogen-bond donors (Lipinski definition) is 1. The zero-order valence-electron chi connectivity index (χ0n) is 8.10. The molecule has 4 N–H and O–H groups in total. The van der Waals surface area contributed by atoms with Crippen molar-refractivity contribution in [3.8, 4) is 16.9 Å². The zero-order valence-corrected chi connectivity index (χ0v) is 8.10. The fraction of sp³-hybridized carbons (Fsp3) is 0. The summed E-state index contributed by atoms with van der Waals surface area (Å²) in [5.74, 6) is 0.0775. The third-order valence-electron chi connectivity index (χ3n) is 1.97. The Bertz CT molecular complexity index is 398. The van der Waals surface area contributed by atoms with Crippen LogP contribution >= 0.6 is 0 Å². The van der Waals surface area contributed by atoms with Crippen LogP contribution < -0.4 is 11.3 Å². The Balaban J connectivity index is 0.000000980. The molecule has 0 atom stereocenters. The molecule has 0 bridgehead atoms. The Labute approximate surface area is 83.4 Å². The van der Waals surface area contributed by atoms with Gasteiger partial charge in [0.2, 0.25) is 0 Å². The lowest BCUT2D eigenvalue weighted by Gasteiger charge is -2.12. The summed E-state index contributed by atoms with van der Waals surface area (Å²) in [4.78, 5) is 0. The lowest BCUT2D eigenvalue weighted by molar-refractivity contribution is -0.267. The molecule has 0 saturated carbocycles. The first-order valence-corrected chi connectivity index (χ1v) is 4.19. The second-order valence-electron chi connectivity index (χ2n) is 2.86. The van der Waals surface area contributed by atoms with Crippen molar-refractivity contribution in [2.24, 2.45) is 0 Å². The van der Waals surface area contributed by atoms with Gasteiger partial charge in [-0.05, 0) is 11.1 Å². The van der Waals surface area contributed by atoms with E-state index in [0.29, 0.717) is 0 Å². The Kier molecular flexibility index (Phi) is 3.26. The highest BCUT2D eigenvalue weighted by atomic mass is 16.3. The Hall–Kier alpha value is -1.80. The van der Waals surface area contributed by atoms with Crippen LogP contribution in [0.1, 0.15) is 0 Å². The maximum Gasteiger partial charge on any atom is -0.0190 e. The molecular weight excluding hydrogens is 174 g/mol. The number of benzene rings is 2. The van der Waals surface area contributed by atoms with E-state index >= 15 is 0 Å². The maximum absolute atomic E-state index is 11.4. The summed E-state index contributed by atoms with van der Waals surface area (Å²) in [6.45, 7) is 0. The molecule has 2 aromatic carbocycles. The van der Waals surface area contributed by atoms with Crippen LogP contribution in [-0.2, 0) is 0 Å². The van der Waals surface area contributed by atoms with Gasteiger partial charge in [0.05, 0.1) is 0 Å². The highest BCUT2D eigenvalue weighted by Crippen LogP contribution is 2.25. The molecule has 0 radical (unpaired) electrons. The van der Waals surface area contributed by atoms with Crippen LogP contribution in [0.5, 0.6) is 5.75 Å². The molecule has 14 heavy (non-hydrogen) atoms. The molecule has 0 aliphatic rings. The summed E-state index contributed by atoms with van der Waals surface area (Å²) in [7, 11) is 0. The highest BCUT2D eigenvalue weighted by Gasteiger charge is 1.94. The zero-order chi connectivity index (χ0) is 9.10. The number of rotatable bonds is 1. The van der Waals surface area contributed by atoms with Crippen LogP contribution in [0, 0.1) is 0 Å². The average molecular weight is 187 g/mol. The highest BCUT2D eigenvalue weighted by molar-refractivity contribution is 5.69. The van der Waals surface area contributed by atoms with Crippen LogP contribution in [0.2, 0.25) is 0 Å². The second-order valence-corrected chi connectivity index (χ2v) is 2.86. The first-order chi connectivity index (χ1) is 6.38. The van der Waals surface area contributed by atoms with Gasteiger partial charge in [-0.15, -0.1) is 5.75 Å². The molecule has 2 nitrogen and oxygen atoms in total. The summed E-state index contributed by atoms with van der Waals surface area (Å²) >= 11 is 0. The van der Waals surface area contributed by atoms with E-state index in [2.05, 4.69) is 0 Å². The van der Waals surface area contributed by atoms with Crippen LogP contribution in [0.4, 0.5) is 0 Å². The molecule has 0 fully saturated rings. The number of para-hydroxylation sites is 1. The molecule has 0 aliphatic carbocycles. The normalized spacial score (nSPS) is 9.14. The first-order valence-electron chi connectivity index (χ1n) is 4.19. The van der Waals surface area contributed by atoms with Gasteiger partial charge in [-0.1, -0.05) is 54.6 Å². The minimum Gasteiger partial charge on any atom is -0.872 e. The van der Waals surface area contributed by atoms with E-state index in [9.17, 15) is 5.11 Å². The molecule has 0 spiro atoms. The van der Waals surface area contributed by atoms with Crippen molar-refractivity contribution < 1.29 is 5.11 Å². The van der Waals surface area contributed by atoms with Crippen molar-refractivity contribution in [1.82, 2.24) is 6.15 Å². The van der Waals surface area contributed by atoms with Crippen molar-refractivity contribution >= 4 is 0 Å². The minimum atomic E-state index is 0. The maximum atomic E-state index is 11.4. The van der Waals surface area contributed by atoms with Crippen molar-refractivity contribution in [3.63, 3.8) is 0 Å². The van der Waals surface area contributed by atoms with Crippen molar-refractivity contribution in [3.05, 3.63) is 54.6 Å². The van der Waals surface area contributed by atoms with Gasteiger partial charge in [0.25, 0.3) is 0 Å². The van der Waals surface area contributed by atoms with Crippen molar-refractivity contribution in [1.29, 1.82) is 0 Å². The molecule has 72 valence electrons. The van der Waals surface area contributed by atoms with Crippen molar-refractivity contribution in [2.75, 3.05) is 0 Å². The molecule has 0 saturated heterocycles. The molecule has 0 unspecified atom stereocenters. The molecule has 2 heteroatoms. The van der Waals surface area contributed by atoms with Crippen LogP contribution in [0.15, 0.2) is 54.6 Å². The van der Waals surface area contributed by atoms with E-state index in [1.165, 1.54) is 0 Å². The van der Waals surface area contributed by atoms with E-state index in [1.807, 2.05) is 42.5 Å².